The van der Waals surface area contributed by atoms with Gasteiger partial charge in [0.2, 0.25) is 6.41 Å². The third-order valence-electron chi connectivity index (χ3n) is 3.41. The second-order valence-corrected chi connectivity index (χ2v) is 4.82. The van der Waals surface area contributed by atoms with Crippen LogP contribution in [0.15, 0.2) is 36.4 Å². The van der Waals surface area contributed by atoms with E-state index in [-0.39, 0.29) is 5.82 Å². The van der Waals surface area contributed by atoms with Crippen molar-refractivity contribution < 1.29 is 13.6 Å². The van der Waals surface area contributed by atoms with Crippen LogP contribution in [0.1, 0.15) is 5.56 Å². The monoisotopic (exact) mass is 290 g/mol. The van der Waals surface area contributed by atoms with Crippen molar-refractivity contribution in [1.82, 2.24) is 0 Å². The van der Waals surface area contributed by atoms with Gasteiger partial charge in [-0.2, -0.15) is 0 Å². The quantitative estimate of drug-likeness (QED) is 0.803. The molecule has 1 amide bonds. The highest BCUT2D eigenvalue weighted by Crippen LogP contribution is 2.33. The maximum absolute atomic E-state index is 13.8. The van der Waals surface area contributed by atoms with E-state index in [0.717, 1.165) is 5.56 Å². The van der Waals surface area contributed by atoms with Gasteiger partial charge in [-0.3, -0.25) is 4.79 Å². The Morgan fingerprint density at radius 3 is 2.29 bits per heavy atom. The van der Waals surface area contributed by atoms with Gasteiger partial charge < -0.3 is 9.80 Å². The number of nitrogens with zero attached hydrogens (tertiary/aromatic N) is 2. The first-order valence-electron chi connectivity index (χ1n) is 6.41. The second kappa shape index (κ2) is 5.91. The lowest BCUT2D eigenvalue weighted by atomic mass is 10.1. The highest BCUT2D eigenvalue weighted by molar-refractivity contribution is 5.81. The number of amides is 1. The minimum Gasteiger partial charge on any atom is -0.344 e. The van der Waals surface area contributed by atoms with E-state index in [4.69, 9.17) is 0 Å². The Labute approximate surface area is 122 Å². The van der Waals surface area contributed by atoms with Crippen LogP contribution in [0.4, 0.5) is 25.8 Å². The SMILES string of the molecule is Cc1c(N(C)C=O)cc(F)cc1N(C)c1cccc(F)c1. The first-order chi connectivity index (χ1) is 9.93. The number of anilines is 3. The van der Waals surface area contributed by atoms with Crippen LogP contribution in [0.25, 0.3) is 0 Å². The smallest absolute Gasteiger partial charge is 0.213 e. The molecule has 2 rings (SSSR count). The van der Waals surface area contributed by atoms with E-state index >= 15 is 0 Å². The van der Waals surface area contributed by atoms with Crippen LogP contribution in [0, 0.1) is 18.6 Å². The number of carbonyl (C=O) groups is 1. The number of hydrogen-bond donors (Lipinski definition) is 0. The molecule has 0 heterocycles. The Kier molecular flexibility index (Phi) is 4.21. The maximum Gasteiger partial charge on any atom is 0.213 e. The number of benzene rings is 2. The van der Waals surface area contributed by atoms with Crippen molar-refractivity contribution in [2.75, 3.05) is 23.9 Å². The van der Waals surface area contributed by atoms with Crippen molar-refractivity contribution in [1.29, 1.82) is 0 Å². The molecule has 0 aliphatic rings. The molecule has 0 saturated heterocycles. The molecule has 2 aromatic rings. The highest BCUT2D eigenvalue weighted by atomic mass is 19.1. The molecule has 0 fully saturated rings. The molecule has 2 aromatic carbocycles. The second-order valence-electron chi connectivity index (χ2n) is 4.82. The molecule has 21 heavy (non-hydrogen) atoms. The minimum absolute atomic E-state index is 0.362. The zero-order valence-corrected chi connectivity index (χ0v) is 12.1. The molecular weight excluding hydrogens is 274 g/mol. The van der Waals surface area contributed by atoms with Gasteiger partial charge in [-0.15, -0.1) is 0 Å². The van der Waals surface area contributed by atoms with E-state index in [0.29, 0.717) is 23.5 Å². The van der Waals surface area contributed by atoms with Crippen LogP contribution in [0.2, 0.25) is 0 Å². The Morgan fingerprint density at radius 2 is 1.67 bits per heavy atom. The van der Waals surface area contributed by atoms with Crippen molar-refractivity contribution in [3.05, 3.63) is 53.6 Å². The standard InChI is InChI=1S/C16H16F2N2O/c1-11-15(19(2)10-21)8-13(18)9-16(11)20(3)14-6-4-5-12(17)7-14/h4-10H,1-3H3. The molecule has 0 aliphatic heterocycles. The van der Waals surface area contributed by atoms with E-state index in [2.05, 4.69) is 0 Å². The average molecular weight is 290 g/mol. The van der Waals surface area contributed by atoms with Gasteiger partial charge in [-0.1, -0.05) is 6.07 Å². The molecule has 0 radical (unpaired) electrons. The molecule has 0 N–H and O–H groups in total. The number of carbonyl (C=O) groups excluding carboxylic acids is 1. The van der Waals surface area contributed by atoms with E-state index in [9.17, 15) is 13.6 Å². The zero-order chi connectivity index (χ0) is 15.6. The first-order valence-corrected chi connectivity index (χ1v) is 6.41. The van der Waals surface area contributed by atoms with Crippen molar-refractivity contribution in [3.63, 3.8) is 0 Å². The third kappa shape index (κ3) is 3.02. The van der Waals surface area contributed by atoms with Gasteiger partial charge in [0.15, 0.2) is 0 Å². The Hall–Kier alpha value is -2.43. The van der Waals surface area contributed by atoms with E-state index < -0.39 is 5.82 Å². The summed E-state index contributed by atoms with van der Waals surface area (Å²) in [6.45, 7) is 1.79. The van der Waals surface area contributed by atoms with E-state index in [1.807, 2.05) is 0 Å². The summed E-state index contributed by atoms with van der Waals surface area (Å²) in [6, 6.07) is 8.70. The van der Waals surface area contributed by atoms with Gasteiger partial charge in [0.05, 0.1) is 5.69 Å². The lowest BCUT2D eigenvalue weighted by molar-refractivity contribution is -0.107. The summed E-state index contributed by atoms with van der Waals surface area (Å²) >= 11 is 0. The highest BCUT2D eigenvalue weighted by Gasteiger charge is 2.15. The van der Waals surface area contributed by atoms with Gasteiger partial charge >= 0.3 is 0 Å². The van der Waals surface area contributed by atoms with Crippen molar-refractivity contribution >= 4 is 23.5 Å². The van der Waals surface area contributed by atoms with Crippen LogP contribution in [-0.2, 0) is 4.79 Å². The molecule has 3 nitrogen and oxygen atoms in total. The Bertz CT molecular complexity index is 673. The summed E-state index contributed by atoms with van der Waals surface area (Å²) in [5.74, 6) is -0.818. The van der Waals surface area contributed by atoms with Crippen molar-refractivity contribution in [2.45, 2.75) is 6.92 Å². The number of halogens is 2. The predicted molar refractivity (Wildman–Crippen MR) is 80.1 cm³/mol. The number of rotatable bonds is 4. The van der Waals surface area contributed by atoms with Gasteiger partial charge in [0.1, 0.15) is 11.6 Å². The van der Waals surface area contributed by atoms with Crippen LogP contribution in [-0.4, -0.2) is 20.5 Å². The van der Waals surface area contributed by atoms with Crippen LogP contribution in [0.5, 0.6) is 0 Å². The fourth-order valence-corrected chi connectivity index (χ4v) is 2.25. The molecule has 0 bridgehead atoms. The molecule has 110 valence electrons. The average Bonchev–Trinajstić information content (AvgIpc) is 2.47. The van der Waals surface area contributed by atoms with Crippen LogP contribution >= 0.6 is 0 Å². The first kappa shape index (κ1) is 15.0. The molecule has 0 aliphatic carbocycles. The predicted octanol–water partition coefficient (Wildman–Crippen LogP) is 3.63. The molecule has 5 heteroatoms. The van der Waals surface area contributed by atoms with Crippen molar-refractivity contribution in [2.24, 2.45) is 0 Å². The Balaban J connectivity index is 2.53. The normalized spacial score (nSPS) is 10.3. The fraction of sp³-hybridized carbons (Fsp3) is 0.188. The summed E-state index contributed by atoms with van der Waals surface area (Å²) < 4.78 is 27.1. The van der Waals surface area contributed by atoms with E-state index in [1.54, 1.807) is 38.1 Å². The lowest BCUT2D eigenvalue weighted by Gasteiger charge is -2.25. The van der Waals surface area contributed by atoms with Gasteiger partial charge in [0, 0.05) is 25.5 Å². The molecule has 0 spiro atoms. The zero-order valence-electron chi connectivity index (χ0n) is 12.1. The molecule has 0 unspecified atom stereocenters. The van der Waals surface area contributed by atoms with Crippen LogP contribution < -0.4 is 9.80 Å². The minimum atomic E-state index is -0.456. The molecule has 0 saturated carbocycles. The summed E-state index contributed by atoms with van der Waals surface area (Å²) in [4.78, 5) is 13.9. The largest absolute Gasteiger partial charge is 0.344 e. The maximum atomic E-state index is 13.8. The Morgan fingerprint density at radius 1 is 1.00 bits per heavy atom. The summed E-state index contributed by atoms with van der Waals surface area (Å²) in [7, 11) is 3.28. The summed E-state index contributed by atoms with van der Waals surface area (Å²) in [6.07, 6.45) is 0.619. The van der Waals surface area contributed by atoms with Gasteiger partial charge in [0.25, 0.3) is 0 Å². The molecule has 0 atom stereocenters. The number of hydrogen-bond acceptors (Lipinski definition) is 2. The van der Waals surface area contributed by atoms with Gasteiger partial charge in [-0.05, 0) is 42.8 Å². The molecule has 0 aromatic heterocycles. The molecular formula is C16H16F2N2O. The third-order valence-corrected chi connectivity index (χ3v) is 3.41. The lowest BCUT2D eigenvalue weighted by Crippen LogP contribution is -2.18. The summed E-state index contributed by atoms with van der Waals surface area (Å²) in [5.41, 5.74) is 2.38. The summed E-state index contributed by atoms with van der Waals surface area (Å²) in [5, 5.41) is 0. The van der Waals surface area contributed by atoms with Gasteiger partial charge in [-0.25, -0.2) is 8.78 Å². The van der Waals surface area contributed by atoms with Crippen LogP contribution in [0.3, 0.4) is 0 Å². The van der Waals surface area contributed by atoms with E-state index in [1.165, 1.54) is 29.2 Å². The fourth-order valence-electron chi connectivity index (χ4n) is 2.25. The topological polar surface area (TPSA) is 23.6 Å². The van der Waals surface area contributed by atoms with Crippen molar-refractivity contribution in [3.8, 4) is 0 Å².